The zero-order valence-corrected chi connectivity index (χ0v) is 15.9. The van der Waals surface area contributed by atoms with E-state index in [9.17, 15) is 0 Å². The van der Waals surface area contributed by atoms with Crippen molar-refractivity contribution in [3.05, 3.63) is 36.2 Å². The van der Waals surface area contributed by atoms with Crippen LogP contribution in [0.1, 0.15) is 17.9 Å². The van der Waals surface area contributed by atoms with E-state index in [0.717, 1.165) is 17.4 Å². The van der Waals surface area contributed by atoms with E-state index in [2.05, 4.69) is 30.2 Å². The molecule has 0 spiro atoms. The first-order chi connectivity index (χ1) is 14.1. The third-order valence-electron chi connectivity index (χ3n) is 4.81. The van der Waals surface area contributed by atoms with Crippen molar-refractivity contribution in [2.75, 3.05) is 31.3 Å². The Bertz CT molecular complexity index is 1050. The number of benzene rings is 1. The van der Waals surface area contributed by atoms with Gasteiger partial charge in [-0.15, -0.1) is 0 Å². The van der Waals surface area contributed by atoms with Gasteiger partial charge in [-0.3, -0.25) is 0 Å². The summed E-state index contributed by atoms with van der Waals surface area (Å²) in [7, 11) is 1.58. The van der Waals surface area contributed by atoms with Gasteiger partial charge in [-0.05, 0) is 30.0 Å². The number of methoxy groups -OCH3 is 1. The van der Waals surface area contributed by atoms with Crippen molar-refractivity contribution >= 4 is 34.5 Å². The standard InChI is InChI=1S/C19H22N8O2/c1-29-14-4-2-3-11-15(14)25-18(21)27-17(11)26-16(20)13-7-12(13)10-8-23-19(24-9-10)22-5-6-28/h2-4,8-9,12-13,28H,5-7H2,1H3,(H,22,23,24)(H4,20,21,25,26,27). The van der Waals surface area contributed by atoms with Crippen LogP contribution in [0.25, 0.3) is 10.9 Å². The Morgan fingerprint density at radius 3 is 2.83 bits per heavy atom. The van der Waals surface area contributed by atoms with Crippen LogP contribution in [-0.4, -0.2) is 51.1 Å². The maximum atomic E-state index is 8.84. The highest BCUT2D eigenvalue weighted by Gasteiger charge is 2.42. The average Bonchev–Trinajstić information content (AvgIpc) is 3.53. The first-order valence-corrected chi connectivity index (χ1v) is 9.21. The molecule has 0 aliphatic heterocycles. The molecule has 2 aromatic heterocycles. The molecule has 1 fully saturated rings. The predicted octanol–water partition coefficient (Wildman–Crippen LogP) is 1.21. The number of hydrogen-bond acceptors (Lipinski definition) is 9. The highest BCUT2D eigenvalue weighted by molar-refractivity contribution is 5.97. The van der Waals surface area contributed by atoms with Gasteiger partial charge < -0.3 is 26.6 Å². The molecule has 4 rings (SSSR count). The Labute approximate surface area is 167 Å². The van der Waals surface area contributed by atoms with Gasteiger partial charge in [0.1, 0.15) is 17.1 Å². The summed E-state index contributed by atoms with van der Waals surface area (Å²) in [5.41, 5.74) is 13.7. The first kappa shape index (κ1) is 18.8. The highest BCUT2D eigenvalue weighted by atomic mass is 16.5. The number of nitrogens with zero attached hydrogens (tertiary/aromatic N) is 5. The van der Waals surface area contributed by atoms with E-state index in [1.54, 1.807) is 19.5 Å². The normalized spacial score (nSPS) is 18.6. The summed E-state index contributed by atoms with van der Waals surface area (Å²) in [6.07, 6.45) is 4.41. The van der Waals surface area contributed by atoms with Crippen molar-refractivity contribution in [3.63, 3.8) is 0 Å². The molecule has 1 aliphatic carbocycles. The van der Waals surface area contributed by atoms with E-state index in [4.69, 9.17) is 21.3 Å². The molecule has 2 heterocycles. The van der Waals surface area contributed by atoms with E-state index >= 15 is 0 Å². The number of amidine groups is 1. The third kappa shape index (κ3) is 3.87. The van der Waals surface area contributed by atoms with E-state index in [0.29, 0.717) is 35.4 Å². The minimum atomic E-state index is 0.0247. The maximum Gasteiger partial charge on any atom is 0.222 e. The van der Waals surface area contributed by atoms with Crippen LogP contribution in [0.4, 0.5) is 17.7 Å². The SMILES string of the molecule is COc1cccc2c(N=C(N)C3CC3c3cnc(NCCO)nc3)nc(N)nc12. The van der Waals surface area contributed by atoms with Gasteiger partial charge in [-0.25, -0.2) is 19.9 Å². The zero-order chi connectivity index (χ0) is 20.4. The molecule has 10 heteroatoms. The molecule has 150 valence electrons. The number of aliphatic imine (C=N–C) groups is 1. The number of nitrogens with one attached hydrogen (secondary N) is 1. The van der Waals surface area contributed by atoms with Crippen molar-refractivity contribution in [2.24, 2.45) is 16.6 Å². The lowest BCUT2D eigenvalue weighted by molar-refractivity contribution is 0.311. The number of fused-ring (bicyclic) bond motifs is 1. The lowest BCUT2D eigenvalue weighted by Crippen LogP contribution is -2.15. The number of anilines is 2. The molecule has 0 amide bonds. The summed E-state index contributed by atoms with van der Waals surface area (Å²) in [5, 5.41) is 12.5. The van der Waals surface area contributed by atoms with Gasteiger partial charge in [-0.1, -0.05) is 6.07 Å². The van der Waals surface area contributed by atoms with Crippen molar-refractivity contribution in [2.45, 2.75) is 12.3 Å². The monoisotopic (exact) mass is 394 g/mol. The van der Waals surface area contributed by atoms with Gasteiger partial charge in [0.25, 0.3) is 0 Å². The summed E-state index contributed by atoms with van der Waals surface area (Å²) in [6, 6.07) is 5.51. The molecule has 0 saturated heterocycles. The molecule has 1 aliphatic rings. The number of aliphatic hydroxyl groups excluding tert-OH is 1. The molecule has 29 heavy (non-hydrogen) atoms. The van der Waals surface area contributed by atoms with Crippen LogP contribution in [0.3, 0.4) is 0 Å². The Kier molecular flexibility index (Phi) is 5.09. The average molecular weight is 394 g/mol. The fourth-order valence-corrected chi connectivity index (χ4v) is 3.26. The molecule has 1 saturated carbocycles. The van der Waals surface area contributed by atoms with E-state index in [-0.39, 0.29) is 24.4 Å². The fourth-order valence-electron chi connectivity index (χ4n) is 3.26. The number of nitrogen functional groups attached to an aromatic ring is 1. The number of ether oxygens (including phenoxy) is 1. The van der Waals surface area contributed by atoms with Gasteiger partial charge in [0.2, 0.25) is 11.9 Å². The summed E-state index contributed by atoms with van der Waals surface area (Å²) in [5.74, 6) is 2.41. The smallest absolute Gasteiger partial charge is 0.222 e. The number of hydrogen-bond donors (Lipinski definition) is 4. The number of nitrogens with two attached hydrogens (primary N) is 2. The molecule has 10 nitrogen and oxygen atoms in total. The lowest BCUT2D eigenvalue weighted by atomic mass is 10.2. The second-order valence-corrected chi connectivity index (χ2v) is 6.74. The first-order valence-electron chi connectivity index (χ1n) is 9.21. The van der Waals surface area contributed by atoms with Crippen molar-refractivity contribution in [1.29, 1.82) is 0 Å². The van der Waals surface area contributed by atoms with Crippen LogP contribution in [0, 0.1) is 5.92 Å². The second-order valence-electron chi connectivity index (χ2n) is 6.74. The van der Waals surface area contributed by atoms with Gasteiger partial charge >= 0.3 is 0 Å². The molecule has 2 atom stereocenters. The summed E-state index contributed by atoms with van der Waals surface area (Å²) < 4.78 is 5.35. The number of para-hydroxylation sites is 1. The molecular formula is C19H22N8O2. The predicted molar refractivity (Wildman–Crippen MR) is 110 cm³/mol. The van der Waals surface area contributed by atoms with Gasteiger partial charge in [0, 0.05) is 30.2 Å². The fraction of sp³-hybridized carbons (Fsp3) is 0.316. The molecule has 2 unspecified atom stereocenters. The molecule has 3 aromatic rings. The number of aliphatic hydroxyl groups is 1. The number of rotatable bonds is 7. The van der Waals surface area contributed by atoms with Gasteiger partial charge in [0.05, 0.1) is 13.7 Å². The molecule has 0 bridgehead atoms. The quantitative estimate of drug-likeness (QED) is 0.341. The van der Waals surface area contributed by atoms with Gasteiger partial charge in [-0.2, -0.15) is 4.98 Å². The minimum Gasteiger partial charge on any atom is -0.494 e. The van der Waals surface area contributed by atoms with E-state index in [1.165, 1.54) is 0 Å². The van der Waals surface area contributed by atoms with Crippen LogP contribution < -0.4 is 21.5 Å². The van der Waals surface area contributed by atoms with Gasteiger partial charge in [0.15, 0.2) is 5.82 Å². The summed E-state index contributed by atoms with van der Waals surface area (Å²) in [4.78, 5) is 21.6. The maximum absolute atomic E-state index is 8.84. The van der Waals surface area contributed by atoms with Crippen LogP contribution in [0.5, 0.6) is 5.75 Å². The van der Waals surface area contributed by atoms with Crippen LogP contribution in [-0.2, 0) is 0 Å². The number of aromatic nitrogens is 4. The van der Waals surface area contributed by atoms with Crippen LogP contribution in [0.15, 0.2) is 35.6 Å². The zero-order valence-electron chi connectivity index (χ0n) is 15.9. The van der Waals surface area contributed by atoms with Crippen molar-refractivity contribution in [3.8, 4) is 5.75 Å². The van der Waals surface area contributed by atoms with Crippen molar-refractivity contribution < 1.29 is 9.84 Å². The highest BCUT2D eigenvalue weighted by Crippen LogP contribution is 2.47. The Morgan fingerprint density at radius 2 is 2.10 bits per heavy atom. The summed E-state index contributed by atoms with van der Waals surface area (Å²) >= 11 is 0. The largest absolute Gasteiger partial charge is 0.494 e. The molecular weight excluding hydrogens is 372 g/mol. The molecule has 1 aromatic carbocycles. The second kappa shape index (κ2) is 7.84. The third-order valence-corrected chi connectivity index (χ3v) is 4.81. The molecule has 6 N–H and O–H groups in total. The Morgan fingerprint density at radius 1 is 1.31 bits per heavy atom. The Hall–Kier alpha value is -3.53. The topological polar surface area (TPSA) is 157 Å². The van der Waals surface area contributed by atoms with E-state index < -0.39 is 0 Å². The molecule has 0 radical (unpaired) electrons. The van der Waals surface area contributed by atoms with E-state index in [1.807, 2.05) is 18.2 Å². The lowest BCUT2D eigenvalue weighted by Gasteiger charge is -2.08. The van der Waals surface area contributed by atoms with Crippen LogP contribution in [0.2, 0.25) is 0 Å². The Balaban J connectivity index is 1.56. The minimum absolute atomic E-state index is 0.0247. The van der Waals surface area contributed by atoms with Crippen LogP contribution >= 0.6 is 0 Å². The van der Waals surface area contributed by atoms with Crippen molar-refractivity contribution in [1.82, 2.24) is 19.9 Å². The summed E-state index contributed by atoms with van der Waals surface area (Å²) in [6.45, 7) is 0.433.